The number of hydrogen-bond donors (Lipinski definition) is 1. The molecule has 2 aliphatic rings. The molecule has 1 N–H and O–H groups in total. The van der Waals surface area contributed by atoms with E-state index in [9.17, 15) is 0 Å². The van der Waals surface area contributed by atoms with Gasteiger partial charge in [-0.1, -0.05) is 6.07 Å². The molecule has 112 valence electrons. The standard InChI is InChI=1S/C16H21N3OS/c1-3-14(20-7-1)11-19-10-13(9-17-19)18-16(12-5-6-12)15-4-2-8-21-15/h2,4,8-10,12,14,16,18H,1,3,5-7,11H2. The van der Waals surface area contributed by atoms with Gasteiger partial charge in [-0.15, -0.1) is 11.3 Å². The average Bonchev–Trinajstić information content (AvgIpc) is 2.92. The van der Waals surface area contributed by atoms with Crippen LogP contribution in [-0.4, -0.2) is 22.5 Å². The second-order valence-corrected chi connectivity index (χ2v) is 7.04. The second kappa shape index (κ2) is 5.81. The van der Waals surface area contributed by atoms with Crippen molar-refractivity contribution in [3.63, 3.8) is 0 Å². The van der Waals surface area contributed by atoms with Crippen LogP contribution in [0.4, 0.5) is 5.69 Å². The van der Waals surface area contributed by atoms with Crippen LogP contribution in [-0.2, 0) is 11.3 Å². The quantitative estimate of drug-likeness (QED) is 0.884. The molecule has 2 aromatic heterocycles. The van der Waals surface area contributed by atoms with E-state index in [-0.39, 0.29) is 0 Å². The van der Waals surface area contributed by atoms with Crippen molar-refractivity contribution in [3.05, 3.63) is 34.8 Å². The van der Waals surface area contributed by atoms with Crippen LogP contribution in [0.15, 0.2) is 29.9 Å². The van der Waals surface area contributed by atoms with Gasteiger partial charge >= 0.3 is 0 Å². The summed E-state index contributed by atoms with van der Waals surface area (Å²) < 4.78 is 7.69. The number of anilines is 1. The lowest BCUT2D eigenvalue weighted by molar-refractivity contribution is 0.0940. The summed E-state index contributed by atoms with van der Waals surface area (Å²) in [6.07, 6.45) is 9.40. The van der Waals surface area contributed by atoms with Gasteiger partial charge in [-0.25, -0.2) is 0 Å². The fourth-order valence-corrected chi connectivity index (χ4v) is 3.90. The Morgan fingerprint density at radius 3 is 3.10 bits per heavy atom. The highest BCUT2D eigenvalue weighted by atomic mass is 32.1. The summed E-state index contributed by atoms with van der Waals surface area (Å²) in [6, 6.07) is 4.82. The third-order valence-corrected chi connectivity index (χ3v) is 5.27. The van der Waals surface area contributed by atoms with Crippen LogP contribution in [0.1, 0.15) is 36.6 Å². The van der Waals surface area contributed by atoms with E-state index in [0.29, 0.717) is 12.1 Å². The van der Waals surface area contributed by atoms with E-state index in [1.807, 2.05) is 22.2 Å². The Hall–Kier alpha value is -1.33. The van der Waals surface area contributed by atoms with Crippen molar-refractivity contribution >= 4 is 17.0 Å². The number of nitrogens with one attached hydrogen (secondary N) is 1. The molecule has 0 bridgehead atoms. The zero-order valence-electron chi connectivity index (χ0n) is 12.1. The molecular formula is C16H21N3OS. The molecule has 1 saturated heterocycles. The van der Waals surface area contributed by atoms with Gasteiger partial charge in [-0.3, -0.25) is 4.68 Å². The van der Waals surface area contributed by atoms with E-state index in [0.717, 1.165) is 31.2 Å². The molecule has 2 aromatic rings. The first-order chi connectivity index (χ1) is 10.4. The summed E-state index contributed by atoms with van der Waals surface area (Å²) in [4.78, 5) is 1.43. The molecule has 2 atom stereocenters. The predicted molar refractivity (Wildman–Crippen MR) is 84.6 cm³/mol. The molecule has 21 heavy (non-hydrogen) atoms. The number of aromatic nitrogens is 2. The van der Waals surface area contributed by atoms with E-state index in [1.54, 1.807) is 0 Å². The molecule has 4 nitrogen and oxygen atoms in total. The summed E-state index contributed by atoms with van der Waals surface area (Å²) >= 11 is 1.84. The van der Waals surface area contributed by atoms with Gasteiger partial charge in [0, 0.05) is 17.7 Å². The van der Waals surface area contributed by atoms with Gasteiger partial charge in [-0.05, 0) is 43.0 Å². The smallest absolute Gasteiger partial charge is 0.0771 e. The Balaban J connectivity index is 1.42. The van der Waals surface area contributed by atoms with Crippen LogP contribution in [0, 0.1) is 5.92 Å². The van der Waals surface area contributed by atoms with Crippen molar-refractivity contribution in [1.29, 1.82) is 0 Å². The zero-order chi connectivity index (χ0) is 14.1. The highest BCUT2D eigenvalue weighted by molar-refractivity contribution is 7.10. The van der Waals surface area contributed by atoms with E-state index >= 15 is 0 Å². The molecule has 1 aliphatic carbocycles. The van der Waals surface area contributed by atoms with Gasteiger partial charge in [0.1, 0.15) is 0 Å². The maximum Gasteiger partial charge on any atom is 0.0771 e. The lowest BCUT2D eigenvalue weighted by Crippen LogP contribution is -2.15. The molecule has 1 saturated carbocycles. The Labute approximate surface area is 129 Å². The van der Waals surface area contributed by atoms with Crippen LogP contribution in [0.5, 0.6) is 0 Å². The SMILES string of the molecule is c1csc(C(Nc2cnn(CC3CCCO3)c2)C2CC2)c1. The van der Waals surface area contributed by atoms with Crippen molar-refractivity contribution in [1.82, 2.24) is 9.78 Å². The Bertz CT molecular complexity index is 570. The van der Waals surface area contributed by atoms with E-state index in [1.165, 1.54) is 24.1 Å². The Kier molecular flexibility index (Phi) is 3.69. The average molecular weight is 303 g/mol. The summed E-state index contributed by atoms with van der Waals surface area (Å²) in [5.74, 6) is 0.783. The predicted octanol–water partition coefficient (Wildman–Crippen LogP) is 3.69. The Morgan fingerprint density at radius 1 is 1.43 bits per heavy atom. The molecule has 0 aromatic carbocycles. The van der Waals surface area contributed by atoms with Gasteiger partial charge in [0.25, 0.3) is 0 Å². The van der Waals surface area contributed by atoms with Crippen molar-refractivity contribution in [3.8, 4) is 0 Å². The fourth-order valence-electron chi connectivity index (χ4n) is 3.03. The molecule has 2 fully saturated rings. The molecule has 0 amide bonds. The van der Waals surface area contributed by atoms with Crippen LogP contribution < -0.4 is 5.32 Å². The van der Waals surface area contributed by atoms with Crippen molar-refractivity contribution in [2.45, 2.75) is 44.4 Å². The topological polar surface area (TPSA) is 39.1 Å². The molecule has 0 radical (unpaired) electrons. The van der Waals surface area contributed by atoms with Gasteiger partial charge in [0.2, 0.25) is 0 Å². The number of ether oxygens (including phenoxy) is 1. The summed E-state index contributed by atoms with van der Waals surface area (Å²) in [7, 11) is 0. The monoisotopic (exact) mass is 303 g/mol. The highest BCUT2D eigenvalue weighted by Crippen LogP contribution is 2.44. The minimum atomic E-state index is 0.342. The fraction of sp³-hybridized carbons (Fsp3) is 0.562. The van der Waals surface area contributed by atoms with E-state index in [2.05, 4.69) is 34.1 Å². The van der Waals surface area contributed by atoms with Crippen molar-refractivity contribution in [2.24, 2.45) is 5.92 Å². The third kappa shape index (κ3) is 3.14. The van der Waals surface area contributed by atoms with Crippen LogP contribution in [0.3, 0.4) is 0 Å². The molecule has 0 spiro atoms. The summed E-state index contributed by atoms with van der Waals surface area (Å²) in [5.41, 5.74) is 1.12. The summed E-state index contributed by atoms with van der Waals surface area (Å²) in [6.45, 7) is 1.77. The maximum absolute atomic E-state index is 5.67. The van der Waals surface area contributed by atoms with Crippen LogP contribution in [0.2, 0.25) is 0 Å². The maximum atomic E-state index is 5.67. The van der Waals surface area contributed by atoms with Crippen LogP contribution in [0.25, 0.3) is 0 Å². The minimum absolute atomic E-state index is 0.342. The lowest BCUT2D eigenvalue weighted by atomic mass is 10.1. The first kappa shape index (κ1) is 13.3. The highest BCUT2D eigenvalue weighted by Gasteiger charge is 2.33. The molecule has 5 heteroatoms. The van der Waals surface area contributed by atoms with E-state index in [4.69, 9.17) is 4.74 Å². The van der Waals surface area contributed by atoms with Gasteiger partial charge in [0.05, 0.1) is 30.6 Å². The van der Waals surface area contributed by atoms with Gasteiger partial charge in [-0.2, -0.15) is 5.10 Å². The first-order valence-corrected chi connectivity index (χ1v) is 8.70. The third-order valence-electron chi connectivity index (χ3n) is 4.31. The van der Waals surface area contributed by atoms with Crippen molar-refractivity contribution in [2.75, 3.05) is 11.9 Å². The number of nitrogens with zero attached hydrogens (tertiary/aromatic N) is 2. The van der Waals surface area contributed by atoms with Crippen LogP contribution >= 0.6 is 11.3 Å². The normalized spacial score (nSPS) is 23.3. The molecular weight excluding hydrogens is 282 g/mol. The molecule has 3 heterocycles. The first-order valence-electron chi connectivity index (χ1n) is 7.82. The zero-order valence-corrected chi connectivity index (χ0v) is 12.9. The lowest BCUT2D eigenvalue weighted by Gasteiger charge is -2.16. The van der Waals surface area contributed by atoms with Gasteiger partial charge in [0.15, 0.2) is 0 Å². The minimum Gasteiger partial charge on any atom is -0.376 e. The van der Waals surface area contributed by atoms with Crippen molar-refractivity contribution < 1.29 is 4.74 Å². The second-order valence-electron chi connectivity index (χ2n) is 6.06. The summed E-state index contributed by atoms with van der Waals surface area (Å²) in [5, 5.41) is 10.3. The number of rotatable bonds is 6. The number of thiophene rings is 1. The molecule has 4 rings (SSSR count). The largest absolute Gasteiger partial charge is 0.376 e. The number of hydrogen-bond acceptors (Lipinski definition) is 4. The molecule has 1 aliphatic heterocycles. The van der Waals surface area contributed by atoms with E-state index < -0.39 is 0 Å². The van der Waals surface area contributed by atoms with Gasteiger partial charge < -0.3 is 10.1 Å². The Morgan fingerprint density at radius 2 is 2.38 bits per heavy atom. The molecule has 2 unspecified atom stereocenters.